The summed E-state index contributed by atoms with van der Waals surface area (Å²) in [6.45, 7) is 4.45. The second-order valence-corrected chi connectivity index (χ2v) is 4.57. The van der Waals surface area contributed by atoms with Gasteiger partial charge in [-0.05, 0) is 32.2 Å². The molecule has 1 heterocycles. The van der Waals surface area contributed by atoms with Gasteiger partial charge in [0.25, 0.3) is 0 Å². The smallest absolute Gasteiger partial charge is 0.0589 e. The topological polar surface area (TPSA) is 24.5 Å². The van der Waals surface area contributed by atoms with Crippen molar-refractivity contribution in [2.45, 2.75) is 37.8 Å². The number of piperidine rings is 1. The number of nitrogens with one attached hydrogen (secondary N) is 1. The Labute approximate surface area is 86.8 Å². The average Bonchev–Trinajstić information content (AvgIpc) is 2.99. The number of nitrogens with zero attached hydrogens (tertiary/aromatic N) is 1. The van der Waals surface area contributed by atoms with E-state index in [1.807, 2.05) is 0 Å². The summed E-state index contributed by atoms with van der Waals surface area (Å²) in [4.78, 5) is 2.52. The highest BCUT2D eigenvalue weighted by molar-refractivity contribution is 4.87. The van der Waals surface area contributed by atoms with Crippen molar-refractivity contribution in [2.75, 3.05) is 33.4 Å². The van der Waals surface area contributed by atoms with Crippen LogP contribution in [0.4, 0.5) is 0 Å². The number of methoxy groups -OCH3 is 1. The number of hydrogen-bond acceptors (Lipinski definition) is 3. The van der Waals surface area contributed by atoms with Gasteiger partial charge < -0.3 is 10.1 Å². The summed E-state index contributed by atoms with van der Waals surface area (Å²) in [5, 5.41) is 3.72. The minimum Gasteiger partial charge on any atom is -0.383 e. The van der Waals surface area contributed by atoms with E-state index in [1.54, 1.807) is 7.11 Å². The first-order valence-corrected chi connectivity index (χ1v) is 5.86. The monoisotopic (exact) mass is 198 g/mol. The fraction of sp³-hybridized carbons (Fsp3) is 1.00. The SMILES string of the molecule is COCCN1CCCC(NC2CC2)C1. The molecule has 1 saturated heterocycles. The maximum atomic E-state index is 5.11. The van der Waals surface area contributed by atoms with Gasteiger partial charge in [-0.25, -0.2) is 0 Å². The number of ether oxygens (including phenoxy) is 1. The second kappa shape index (κ2) is 5.10. The Bertz CT molecular complexity index is 171. The molecule has 2 rings (SSSR count). The van der Waals surface area contributed by atoms with Crippen LogP contribution in [0.25, 0.3) is 0 Å². The van der Waals surface area contributed by atoms with Crippen molar-refractivity contribution in [1.29, 1.82) is 0 Å². The Morgan fingerprint density at radius 2 is 2.14 bits per heavy atom. The van der Waals surface area contributed by atoms with Gasteiger partial charge in [0.05, 0.1) is 6.61 Å². The summed E-state index contributed by atoms with van der Waals surface area (Å²) >= 11 is 0. The average molecular weight is 198 g/mol. The van der Waals surface area contributed by atoms with Crippen molar-refractivity contribution in [1.82, 2.24) is 10.2 Å². The number of hydrogen-bond donors (Lipinski definition) is 1. The molecule has 3 heteroatoms. The Morgan fingerprint density at radius 1 is 1.29 bits per heavy atom. The predicted octanol–water partition coefficient (Wildman–Crippen LogP) is 0.849. The van der Waals surface area contributed by atoms with Gasteiger partial charge in [-0.1, -0.05) is 0 Å². The van der Waals surface area contributed by atoms with Crippen molar-refractivity contribution in [3.8, 4) is 0 Å². The summed E-state index contributed by atoms with van der Waals surface area (Å²) < 4.78 is 5.11. The third-order valence-corrected chi connectivity index (χ3v) is 3.17. The molecule has 2 fully saturated rings. The minimum absolute atomic E-state index is 0.744. The zero-order chi connectivity index (χ0) is 9.80. The predicted molar refractivity (Wildman–Crippen MR) is 57.5 cm³/mol. The summed E-state index contributed by atoms with van der Waals surface area (Å²) in [6.07, 6.45) is 5.50. The highest BCUT2D eigenvalue weighted by Crippen LogP contribution is 2.21. The summed E-state index contributed by atoms with van der Waals surface area (Å²) in [5.74, 6) is 0. The molecule has 0 amide bonds. The summed E-state index contributed by atoms with van der Waals surface area (Å²) in [5.41, 5.74) is 0. The van der Waals surface area contributed by atoms with Crippen LogP contribution in [-0.4, -0.2) is 50.3 Å². The van der Waals surface area contributed by atoms with E-state index in [-0.39, 0.29) is 0 Å². The van der Waals surface area contributed by atoms with E-state index in [1.165, 1.54) is 38.8 Å². The van der Waals surface area contributed by atoms with Crippen molar-refractivity contribution < 1.29 is 4.74 Å². The van der Waals surface area contributed by atoms with E-state index >= 15 is 0 Å². The number of likely N-dealkylation sites (tertiary alicyclic amines) is 1. The van der Waals surface area contributed by atoms with Crippen molar-refractivity contribution in [2.24, 2.45) is 0 Å². The zero-order valence-electron chi connectivity index (χ0n) is 9.17. The third-order valence-electron chi connectivity index (χ3n) is 3.17. The molecule has 1 N–H and O–H groups in total. The third kappa shape index (κ3) is 3.23. The first-order valence-electron chi connectivity index (χ1n) is 5.86. The Hall–Kier alpha value is -0.120. The lowest BCUT2D eigenvalue weighted by Gasteiger charge is -2.33. The maximum absolute atomic E-state index is 5.11. The van der Waals surface area contributed by atoms with Crippen LogP contribution >= 0.6 is 0 Å². The van der Waals surface area contributed by atoms with Gasteiger partial charge in [-0.3, -0.25) is 4.90 Å². The van der Waals surface area contributed by atoms with Gasteiger partial charge >= 0.3 is 0 Å². The quantitative estimate of drug-likeness (QED) is 0.709. The summed E-state index contributed by atoms with van der Waals surface area (Å²) in [6, 6.07) is 1.59. The van der Waals surface area contributed by atoms with Crippen molar-refractivity contribution >= 4 is 0 Å². The van der Waals surface area contributed by atoms with Gasteiger partial charge in [-0.15, -0.1) is 0 Å². The minimum atomic E-state index is 0.744. The molecule has 1 aliphatic carbocycles. The van der Waals surface area contributed by atoms with E-state index < -0.39 is 0 Å². The molecule has 0 bridgehead atoms. The Balaban J connectivity index is 1.66. The molecule has 0 aromatic rings. The molecule has 2 aliphatic rings. The lowest BCUT2D eigenvalue weighted by atomic mass is 10.1. The van der Waals surface area contributed by atoms with Gasteiger partial charge in [0.1, 0.15) is 0 Å². The van der Waals surface area contributed by atoms with E-state index in [0.717, 1.165) is 25.2 Å². The molecule has 0 aromatic heterocycles. The standard InChI is InChI=1S/C11H22N2O/c1-14-8-7-13-6-2-3-11(9-13)12-10-4-5-10/h10-12H,2-9H2,1H3. The molecular weight excluding hydrogens is 176 g/mol. The van der Waals surface area contributed by atoms with Crippen LogP contribution in [-0.2, 0) is 4.74 Å². The van der Waals surface area contributed by atoms with Crippen LogP contribution < -0.4 is 5.32 Å². The van der Waals surface area contributed by atoms with Gasteiger partial charge in [-0.2, -0.15) is 0 Å². The highest BCUT2D eigenvalue weighted by atomic mass is 16.5. The molecule has 1 unspecified atom stereocenters. The molecule has 14 heavy (non-hydrogen) atoms. The largest absolute Gasteiger partial charge is 0.383 e. The van der Waals surface area contributed by atoms with E-state index in [9.17, 15) is 0 Å². The molecule has 82 valence electrons. The van der Waals surface area contributed by atoms with E-state index in [0.29, 0.717) is 0 Å². The van der Waals surface area contributed by atoms with Crippen LogP contribution in [0.1, 0.15) is 25.7 Å². The molecule has 0 aromatic carbocycles. The maximum Gasteiger partial charge on any atom is 0.0589 e. The second-order valence-electron chi connectivity index (χ2n) is 4.57. The number of rotatable bonds is 5. The summed E-state index contributed by atoms with van der Waals surface area (Å²) in [7, 11) is 1.78. The first-order chi connectivity index (χ1) is 6.88. The molecular formula is C11H22N2O. The fourth-order valence-corrected chi connectivity index (χ4v) is 2.20. The van der Waals surface area contributed by atoms with Gasteiger partial charge in [0.15, 0.2) is 0 Å². The molecule has 1 atom stereocenters. The Kier molecular flexibility index (Phi) is 3.79. The molecule has 3 nitrogen and oxygen atoms in total. The molecule has 1 saturated carbocycles. The normalized spacial score (nSPS) is 29.4. The Morgan fingerprint density at radius 3 is 2.86 bits per heavy atom. The molecule has 0 radical (unpaired) electrons. The van der Waals surface area contributed by atoms with Gasteiger partial charge in [0, 0.05) is 32.3 Å². The van der Waals surface area contributed by atoms with Crippen molar-refractivity contribution in [3.05, 3.63) is 0 Å². The molecule has 0 spiro atoms. The van der Waals surface area contributed by atoms with E-state index in [2.05, 4.69) is 10.2 Å². The van der Waals surface area contributed by atoms with Crippen LogP contribution in [0.2, 0.25) is 0 Å². The van der Waals surface area contributed by atoms with Gasteiger partial charge in [0.2, 0.25) is 0 Å². The highest BCUT2D eigenvalue weighted by Gasteiger charge is 2.27. The lowest BCUT2D eigenvalue weighted by molar-refractivity contribution is 0.122. The van der Waals surface area contributed by atoms with Crippen molar-refractivity contribution in [3.63, 3.8) is 0 Å². The van der Waals surface area contributed by atoms with E-state index in [4.69, 9.17) is 4.74 Å². The zero-order valence-corrected chi connectivity index (χ0v) is 9.17. The van der Waals surface area contributed by atoms with Crippen LogP contribution in [0.3, 0.4) is 0 Å². The van der Waals surface area contributed by atoms with Crippen LogP contribution in [0.5, 0.6) is 0 Å². The lowest BCUT2D eigenvalue weighted by Crippen LogP contribution is -2.47. The van der Waals surface area contributed by atoms with Crippen LogP contribution in [0.15, 0.2) is 0 Å². The fourth-order valence-electron chi connectivity index (χ4n) is 2.20. The molecule has 1 aliphatic heterocycles. The first kappa shape index (κ1) is 10.4. The van der Waals surface area contributed by atoms with Crippen LogP contribution in [0, 0.1) is 0 Å².